The monoisotopic (exact) mass is 510 g/mol. The maximum atomic E-state index is 13.8. The van der Waals surface area contributed by atoms with E-state index in [1.807, 2.05) is 6.08 Å². The van der Waals surface area contributed by atoms with Crippen molar-refractivity contribution in [3.05, 3.63) is 23.5 Å². The highest BCUT2D eigenvalue weighted by Gasteiger charge is 2.37. The van der Waals surface area contributed by atoms with Crippen LogP contribution in [-0.2, 0) is 14.3 Å². The van der Waals surface area contributed by atoms with Gasteiger partial charge < -0.3 is 29.4 Å². The zero-order chi connectivity index (χ0) is 25.5. The number of aliphatic hydroxyl groups is 2. The molecule has 1 fully saturated rings. The van der Waals surface area contributed by atoms with Gasteiger partial charge in [0.2, 0.25) is 0 Å². The molecule has 0 aromatic carbocycles. The summed E-state index contributed by atoms with van der Waals surface area (Å²) in [6.07, 6.45) is 10.8. The first-order valence-corrected chi connectivity index (χ1v) is 14.2. The average molecular weight is 511 g/mol. The smallest absolute Gasteiger partial charge is 0.197 e. The third-order valence-electron chi connectivity index (χ3n) is 9.01. The topological polar surface area (TPSA) is 97.4 Å². The van der Waals surface area contributed by atoms with Crippen LogP contribution in [0.25, 0.3) is 0 Å². The van der Waals surface area contributed by atoms with Gasteiger partial charge in [-0.3, -0.25) is 0 Å². The fourth-order valence-electron chi connectivity index (χ4n) is 6.98. The quantitative estimate of drug-likeness (QED) is 0.221. The van der Waals surface area contributed by atoms with Crippen LogP contribution >= 0.6 is 0 Å². The fraction of sp³-hybridized carbons (Fsp3) is 0.857. The number of halogens is 1. The predicted molar refractivity (Wildman–Crippen MR) is 136 cm³/mol. The average Bonchev–Trinajstić information content (AvgIpc) is 2.89. The van der Waals surface area contributed by atoms with Crippen LogP contribution in [0.15, 0.2) is 23.5 Å². The molecule has 36 heavy (non-hydrogen) atoms. The summed E-state index contributed by atoms with van der Waals surface area (Å²) < 4.78 is 25.6. The Morgan fingerprint density at radius 2 is 2.00 bits per heavy atom. The normalized spacial score (nSPS) is 34.9. The zero-order valence-corrected chi connectivity index (χ0v) is 21.9. The predicted octanol–water partition coefficient (Wildman–Crippen LogP) is 3.85. The highest BCUT2D eigenvalue weighted by molar-refractivity contribution is 5.19. The largest absolute Gasteiger partial charge is 0.469 e. The van der Waals surface area contributed by atoms with E-state index in [4.69, 9.17) is 20.2 Å². The second kappa shape index (κ2) is 13.7. The Morgan fingerprint density at radius 3 is 2.72 bits per heavy atom. The first kappa shape index (κ1) is 28.0. The number of nitrogens with zero attached hydrogens (tertiary/aromatic N) is 1. The van der Waals surface area contributed by atoms with Gasteiger partial charge >= 0.3 is 0 Å². The third-order valence-corrected chi connectivity index (χ3v) is 9.01. The van der Waals surface area contributed by atoms with Crippen molar-refractivity contribution in [3.63, 3.8) is 0 Å². The van der Waals surface area contributed by atoms with Gasteiger partial charge in [0, 0.05) is 44.3 Å². The van der Waals surface area contributed by atoms with E-state index >= 15 is 0 Å². The molecule has 1 saturated heterocycles. The minimum absolute atomic E-state index is 0.0264. The fourth-order valence-corrected chi connectivity index (χ4v) is 6.98. The summed E-state index contributed by atoms with van der Waals surface area (Å²) in [7, 11) is 0. The number of ether oxygens (including phenoxy) is 2. The standard InChI is InChI=1S/C28H47FN2O5/c1-2-23(25-7-5-21(29)16-27(25)36-30)19-9-12-31(13-10-19)11-3-4-14-34-22-6-8-24-20(18-32)15-28(33)35-26(24)17-22/h5,7,19-23,25,27-28,32-33H,2-4,6,8-18,30H2,1H3/t20-,21?,22+,23?,25-,27?,28+/m0/s1. The van der Waals surface area contributed by atoms with Crippen LogP contribution in [0.4, 0.5) is 4.39 Å². The number of hydrogen-bond acceptors (Lipinski definition) is 7. The van der Waals surface area contributed by atoms with Gasteiger partial charge in [0.05, 0.1) is 12.2 Å². The molecule has 7 atom stereocenters. The molecule has 4 rings (SSSR count). The number of aliphatic hydroxyl groups excluding tert-OH is 2. The lowest BCUT2D eigenvalue weighted by molar-refractivity contribution is -0.107. The maximum absolute atomic E-state index is 13.8. The number of allylic oxidation sites excluding steroid dienone is 1. The van der Waals surface area contributed by atoms with E-state index in [2.05, 4.69) is 11.8 Å². The first-order chi connectivity index (χ1) is 17.5. The second-order valence-corrected chi connectivity index (χ2v) is 11.2. The number of alkyl halides is 1. The van der Waals surface area contributed by atoms with Crippen molar-refractivity contribution in [2.45, 2.75) is 95.8 Å². The van der Waals surface area contributed by atoms with Crippen molar-refractivity contribution < 1.29 is 28.9 Å². The van der Waals surface area contributed by atoms with Crippen molar-refractivity contribution >= 4 is 0 Å². The van der Waals surface area contributed by atoms with Gasteiger partial charge in [0.15, 0.2) is 6.29 Å². The summed E-state index contributed by atoms with van der Waals surface area (Å²) >= 11 is 0. The first-order valence-electron chi connectivity index (χ1n) is 14.2. The molecule has 2 aliphatic heterocycles. The van der Waals surface area contributed by atoms with E-state index in [0.717, 1.165) is 64.1 Å². The molecule has 206 valence electrons. The molecule has 0 aromatic rings. The highest BCUT2D eigenvalue weighted by atomic mass is 19.1. The molecule has 8 heteroatoms. The Morgan fingerprint density at radius 1 is 1.19 bits per heavy atom. The van der Waals surface area contributed by atoms with E-state index in [1.54, 1.807) is 6.08 Å². The Balaban J connectivity index is 1.12. The van der Waals surface area contributed by atoms with E-state index in [-0.39, 0.29) is 30.7 Å². The third kappa shape index (κ3) is 7.08. The minimum Gasteiger partial charge on any atom is -0.469 e. The van der Waals surface area contributed by atoms with Gasteiger partial charge in [-0.25, -0.2) is 10.3 Å². The molecule has 0 spiro atoms. The molecular formula is C28H47FN2O5. The van der Waals surface area contributed by atoms with Gasteiger partial charge in [-0.15, -0.1) is 0 Å². The summed E-state index contributed by atoms with van der Waals surface area (Å²) in [6.45, 7) is 6.38. The minimum atomic E-state index is -0.946. The van der Waals surface area contributed by atoms with Crippen molar-refractivity contribution in [1.82, 2.24) is 4.90 Å². The molecule has 7 nitrogen and oxygen atoms in total. The van der Waals surface area contributed by atoms with Crippen LogP contribution in [0.3, 0.4) is 0 Å². The maximum Gasteiger partial charge on any atom is 0.197 e. The van der Waals surface area contributed by atoms with Gasteiger partial charge in [-0.05, 0) is 75.6 Å². The highest BCUT2D eigenvalue weighted by Crippen LogP contribution is 2.40. The van der Waals surface area contributed by atoms with Crippen molar-refractivity contribution in [2.24, 2.45) is 29.6 Å². The van der Waals surface area contributed by atoms with Crippen LogP contribution < -0.4 is 5.90 Å². The molecule has 0 radical (unpaired) electrons. The summed E-state index contributed by atoms with van der Waals surface area (Å²) in [5.41, 5.74) is 1.17. The summed E-state index contributed by atoms with van der Waals surface area (Å²) in [6, 6.07) is 0. The molecule has 0 aromatic heterocycles. The number of nitrogens with two attached hydrogens (primary N) is 1. The second-order valence-electron chi connectivity index (χ2n) is 11.2. The van der Waals surface area contributed by atoms with E-state index in [0.29, 0.717) is 31.1 Å². The molecule has 0 amide bonds. The molecule has 0 bridgehead atoms. The van der Waals surface area contributed by atoms with E-state index in [1.165, 1.54) is 18.4 Å². The Kier molecular flexibility index (Phi) is 10.6. The molecule has 3 unspecified atom stereocenters. The van der Waals surface area contributed by atoms with Gasteiger partial charge in [-0.1, -0.05) is 25.5 Å². The Hall–Kier alpha value is -1.03. The number of piperidine rings is 1. The molecular weight excluding hydrogens is 463 g/mol. The Labute approximate surface area is 215 Å². The molecule has 2 aliphatic carbocycles. The number of unbranched alkanes of at least 4 members (excludes halogenated alkanes) is 1. The van der Waals surface area contributed by atoms with Gasteiger partial charge in [-0.2, -0.15) is 0 Å². The zero-order valence-electron chi connectivity index (χ0n) is 21.9. The lowest BCUT2D eigenvalue weighted by atomic mass is 9.71. The van der Waals surface area contributed by atoms with Crippen LogP contribution in [0, 0.1) is 23.7 Å². The number of rotatable bonds is 11. The van der Waals surface area contributed by atoms with E-state index < -0.39 is 12.5 Å². The summed E-state index contributed by atoms with van der Waals surface area (Å²) in [5.74, 6) is 7.73. The lowest BCUT2D eigenvalue weighted by Crippen LogP contribution is -2.42. The van der Waals surface area contributed by atoms with Crippen molar-refractivity contribution in [2.75, 3.05) is 32.8 Å². The molecule has 4 N–H and O–H groups in total. The summed E-state index contributed by atoms with van der Waals surface area (Å²) in [5, 5.41) is 19.5. The Bertz CT molecular complexity index is 741. The summed E-state index contributed by atoms with van der Waals surface area (Å²) in [4.78, 5) is 7.75. The van der Waals surface area contributed by atoms with Crippen molar-refractivity contribution in [3.8, 4) is 0 Å². The number of hydrogen-bond donors (Lipinski definition) is 3. The molecule has 2 heterocycles. The van der Waals surface area contributed by atoms with Crippen LogP contribution in [0.1, 0.15) is 71.1 Å². The molecule has 4 aliphatic rings. The van der Waals surface area contributed by atoms with Crippen LogP contribution in [0.2, 0.25) is 0 Å². The number of likely N-dealkylation sites (tertiary alicyclic amines) is 1. The molecule has 0 saturated carbocycles. The SMILES string of the molecule is CCC(C1CCN(CCCCO[C@@H]2CCC3=C(C2)O[C@@H](O)C[C@H]3CO)CC1)[C@@H]1C=CC(F)CC1ON. The van der Waals surface area contributed by atoms with Crippen molar-refractivity contribution in [1.29, 1.82) is 0 Å². The van der Waals surface area contributed by atoms with Crippen LogP contribution in [0.5, 0.6) is 0 Å². The van der Waals surface area contributed by atoms with Crippen LogP contribution in [-0.4, -0.2) is 72.6 Å². The van der Waals surface area contributed by atoms with E-state index in [9.17, 15) is 14.6 Å². The van der Waals surface area contributed by atoms with Gasteiger partial charge in [0.25, 0.3) is 0 Å². The van der Waals surface area contributed by atoms with Gasteiger partial charge in [0.1, 0.15) is 11.9 Å². The lowest BCUT2D eigenvalue weighted by Gasteiger charge is -2.41.